The molecule has 6 nitrogen and oxygen atoms in total. The van der Waals surface area contributed by atoms with Gasteiger partial charge in [-0.2, -0.15) is 12.6 Å². The molecule has 1 heterocycles. The summed E-state index contributed by atoms with van der Waals surface area (Å²) in [5, 5.41) is 11.3. The van der Waals surface area contributed by atoms with Crippen molar-refractivity contribution in [3.8, 4) is 0 Å². The zero-order valence-corrected chi connectivity index (χ0v) is 14.7. The second kappa shape index (κ2) is 7.47. The van der Waals surface area contributed by atoms with E-state index in [1.165, 1.54) is 4.90 Å². The van der Waals surface area contributed by atoms with Crippen LogP contribution in [-0.2, 0) is 20.8 Å². The molecule has 1 saturated carbocycles. The third-order valence-electron chi connectivity index (χ3n) is 4.89. The minimum Gasteiger partial charge on any atom is -0.480 e. The molecule has 0 aromatic heterocycles. The Hall–Kier alpha value is -2.02. The van der Waals surface area contributed by atoms with Gasteiger partial charge in [0, 0.05) is 6.04 Å². The fraction of sp³-hybridized carbons (Fsp3) is 0.500. The van der Waals surface area contributed by atoms with Crippen molar-refractivity contribution in [2.24, 2.45) is 5.92 Å². The van der Waals surface area contributed by atoms with Crippen molar-refractivity contribution in [2.75, 3.05) is 6.54 Å². The Kier molecular flexibility index (Phi) is 5.32. The molecular formula is C18H22N2O4S. The summed E-state index contributed by atoms with van der Waals surface area (Å²) in [7, 11) is 0. The first-order valence-electron chi connectivity index (χ1n) is 8.50. The molecule has 1 saturated heterocycles. The van der Waals surface area contributed by atoms with Gasteiger partial charge in [0.25, 0.3) is 0 Å². The number of nitrogens with zero attached hydrogens (tertiary/aromatic N) is 1. The first-order chi connectivity index (χ1) is 12.0. The molecule has 1 aliphatic carbocycles. The molecule has 0 bridgehead atoms. The number of nitrogens with one attached hydrogen (secondary N) is 1. The molecule has 7 heteroatoms. The summed E-state index contributed by atoms with van der Waals surface area (Å²) >= 11 is 4.37. The van der Waals surface area contributed by atoms with Crippen LogP contribution in [0, 0.1) is 5.92 Å². The molecule has 2 N–H and O–H groups in total. The van der Waals surface area contributed by atoms with Gasteiger partial charge in [0.15, 0.2) is 0 Å². The van der Waals surface area contributed by atoms with Crippen LogP contribution in [0.25, 0.3) is 0 Å². The highest BCUT2D eigenvalue weighted by Gasteiger charge is 2.48. The van der Waals surface area contributed by atoms with Gasteiger partial charge in [0.2, 0.25) is 11.8 Å². The molecule has 3 rings (SSSR count). The molecule has 0 radical (unpaired) electrons. The molecule has 1 aromatic rings. The Morgan fingerprint density at radius 3 is 2.68 bits per heavy atom. The third kappa shape index (κ3) is 4.34. The number of likely N-dealkylation sites (tertiary alicyclic amines) is 1. The fourth-order valence-electron chi connectivity index (χ4n) is 3.46. The quantitative estimate of drug-likeness (QED) is 0.662. The van der Waals surface area contributed by atoms with E-state index >= 15 is 0 Å². The second-order valence-corrected chi connectivity index (χ2v) is 7.39. The van der Waals surface area contributed by atoms with Crippen molar-refractivity contribution in [1.82, 2.24) is 10.2 Å². The molecule has 1 aliphatic heterocycles. The van der Waals surface area contributed by atoms with Gasteiger partial charge in [-0.05, 0) is 37.2 Å². The molecule has 2 unspecified atom stereocenters. The normalized spacial score (nSPS) is 26.4. The number of carbonyl (C=O) groups excluding carboxylic acids is 2. The van der Waals surface area contributed by atoms with Gasteiger partial charge in [-0.3, -0.25) is 14.4 Å². The number of benzene rings is 1. The van der Waals surface area contributed by atoms with E-state index in [0.717, 1.165) is 18.4 Å². The summed E-state index contributed by atoms with van der Waals surface area (Å²) in [5.74, 6) is -1.25. The van der Waals surface area contributed by atoms with Gasteiger partial charge in [-0.25, -0.2) is 0 Å². The standard InChI is InChI=1S/C18H22N2O4S/c21-16(22)10-20-14-9-12(14)6-7-13(18(20)24)19-17(23)15(25)8-11-4-2-1-3-5-11/h1-5,12-15,25H,6-10H2,(H,19,23)(H,21,22)/t12?,13-,14?,15-/m0/s1. The van der Waals surface area contributed by atoms with Gasteiger partial charge in [0.05, 0.1) is 5.25 Å². The lowest BCUT2D eigenvalue weighted by molar-refractivity contribution is -0.146. The van der Waals surface area contributed by atoms with E-state index in [-0.39, 0.29) is 24.4 Å². The first-order valence-corrected chi connectivity index (χ1v) is 9.02. The average molecular weight is 362 g/mol. The van der Waals surface area contributed by atoms with Crippen LogP contribution >= 0.6 is 12.6 Å². The topological polar surface area (TPSA) is 86.7 Å². The Labute approximate surface area is 152 Å². The summed E-state index contributed by atoms with van der Waals surface area (Å²) in [4.78, 5) is 37.5. The average Bonchev–Trinajstić information content (AvgIpc) is 3.36. The predicted octanol–water partition coefficient (Wildman–Crippen LogP) is 1.11. The molecule has 134 valence electrons. The van der Waals surface area contributed by atoms with Crippen molar-refractivity contribution in [3.63, 3.8) is 0 Å². The van der Waals surface area contributed by atoms with Crippen molar-refractivity contribution in [2.45, 2.75) is 43.0 Å². The van der Waals surface area contributed by atoms with Crippen LogP contribution in [0.2, 0.25) is 0 Å². The lowest BCUT2D eigenvalue weighted by atomic mass is 10.1. The summed E-state index contributed by atoms with van der Waals surface area (Å²) in [6.45, 7) is -0.305. The number of hydrogen-bond donors (Lipinski definition) is 3. The van der Waals surface area contributed by atoms with E-state index in [1.807, 2.05) is 30.3 Å². The Morgan fingerprint density at radius 2 is 2.00 bits per heavy atom. The molecule has 2 amide bonds. The largest absolute Gasteiger partial charge is 0.480 e. The molecule has 2 fully saturated rings. The SMILES string of the molecule is O=C(O)CN1C(=O)[C@@H](NC(=O)[C@@H](S)Cc2ccccc2)CCC2CC21. The highest BCUT2D eigenvalue weighted by molar-refractivity contribution is 7.81. The lowest BCUT2D eigenvalue weighted by Gasteiger charge is -2.25. The third-order valence-corrected chi connectivity index (χ3v) is 5.31. The molecule has 0 spiro atoms. The van der Waals surface area contributed by atoms with Crippen LogP contribution in [0.3, 0.4) is 0 Å². The summed E-state index contributed by atoms with van der Waals surface area (Å²) < 4.78 is 0. The Morgan fingerprint density at radius 1 is 1.28 bits per heavy atom. The van der Waals surface area contributed by atoms with Crippen LogP contribution in [0.4, 0.5) is 0 Å². The van der Waals surface area contributed by atoms with E-state index < -0.39 is 17.3 Å². The van der Waals surface area contributed by atoms with Gasteiger partial charge in [0.1, 0.15) is 12.6 Å². The number of aliphatic carboxylic acids is 1. The smallest absolute Gasteiger partial charge is 0.323 e. The zero-order valence-electron chi connectivity index (χ0n) is 13.8. The number of rotatable bonds is 6. The van der Waals surface area contributed by atoms with Gasteiger partial charge >= 0.3 is 5.97 Å². The maximum Gasteiger partial charge on any atom is 0.323 e. The number of thiol groups is 1. The van der Waals surface area contributed by atoms with Crippen molar-refractivity contribution in [3.05, 3.63) is 35.9 Å². The van der Waals surface area contributed by atoms with Gasteiger partial charge in [-0.15, -0.1) is 0 Å². The Bertz CT molecular complexity index is 666. The highest BCUT2D eigenvalue weighted by atomic mass is 32.1. The van der Waals surface area contributed by atoms with Crippen LogP contribution < -0.4 is 5.32 Å². The number of hydrogen-bond acceptors (Lipinski definition) is 4. The number of carbonyl (C=O) groups is 3. The van der Waals surface area contributed by atoms with Gasteiger partial charge < -0.3 is 15.3 Å². The monoisotopic (exact) mass is 362 g/mol. The minimum atomic E-state index is -1.03. The molecule has 1 aromatic carbocycles. The molecule has 4 atom stereocenters. The van der Waals surface area contributed by atoms with Crippen LogP contribution in [0.15, 0.2) is 30.3 Å². The second-order valence-electron chi connectivity index (χ2n) is 6.77. The predicted molar refractivity (Wildman–Crippen MR) is 95.3 cm³/mol. The molecular weight excluding hydrogens is 340 g/mol. The van der Waals surface area contributed by atoms with E-state index in [0.29, 0.717) is 18.8 Å². The molecule has 25 heavy (non-hydrogen) atoms. The van der Waals surface area contributed by atoms with Crippen molar-refractivity contribution < 1.29 is 19.5 Å². The van der Waals surface area contributed by atoms with Gasteiger partial charge in [-0.1, -0.05) is 30.3 Å². The van der Waals surface area contributed by atoms with E-state index in [4.69, 9.17) is 5.11 Å². The number of carboxylic acid groups (broad SMARTS) is 1. The maximum atomic E-state index is 12.7. The number of carboxylic acids is 1. The Balaban J connectivity index is 1.61. The summed E-state index contributed by atoms with van der Waals surface area (Å²) in [5.41, 5.74) is 0.999. The summed E-state index contributed by atoms with van der Waals surface area (Å²) in [6, 6.07) is 8.91. The van der Waals surface area contributed by atoms with Crippen LogP contribution in [-0.4, -0.2) is 51.7 Å². The van der Waals surface area contributed by atoms with E-state index in [9.17, 15) is 14.4 Å². The maximum absolute atomic E-state index is 12.7. The zero-order chi connectivity index (χ0) is 18.0. The lowest BCUT2D eigenvalue weighted by Crippen LogP contribution is -2.51. The number of amides is 2. The molecule has 2 aliphatic rings. The van der Waals surface area contributed by atoms with E-state index in [1.54, 1.807) is 0 Å². The van der Waals surface area contributed by atoms with Crippen molar-refractivity contribution >= 4 is 30.4 Å². The minimum absolute atomic E-state index is 0.0154. The highest BCUT2D eigenvalue weighted by Crippen LogP contribution is 2.42. The summed E-state index contributed by atoms with van der Waals surface area (Å²) in [6.07, 6.45) is 2.71. The van der Waals surface area contributed by atoms with Crippen LogP contribution in [0.5, 0.6) is 0 Å². The first kappa shape index (κ1) is 17.8. The van der Waals surface area contributed by atoms with E-state index in [2.05, 4.69) is 17.9 Å². The van der Waals surface area contributed by atoms with Crippen molar-refractivity contribution in [1.29, 1.82) is 0 Å². The van der Waals surface area contributed by atoms with Crippen LogP contribution in [0.1, 0.15) is 24.8 Å². The fourth-order valence-corrected chi connectivity index (χ4v) is 3.75. The number of fused-ring (bicyclic) bond motifs is 1.